The van der Waals surface area contributed by atoms with Crippen LogP contribution in [0.25, 0.3) is 11.3 Å². The van der Waals surface area contributed by atoms with Crippen molar-refractivity contribution in [3.05, 3.63) is 69.9 Å². The van der Waals surface area contributed by atoms with Crippen LogP contribution in [0, 0.1) is 6.92 Å². The predicted octanol–water partition coefficient (Wildman–Crippen LogP) is 4.69. The lowest BCUT2D eigenvalue weighted by molar-refractivity contribution is 0.0652. The van der Waals surface area contributed by atoms with Gasteiger partial charge in [-0.1, -0.05) is 35.5 Å². The van der Waals surface area contributed by atoms with Crippen LogP contribution in [0.2, 0.25) is 0 Å². The molecule has 6 heteroatoms. The number of halogens is 1. The molecule has 5 nitrogen and oxygen atoms in total. The summed E-state index contributed by atoms with van der Waals surface area (Å²) in [5, 5.41) is 12.7. The molecule has 3 rings (SSSR count). The van der Waals surface area contributed by atoms with Gasteiger partial charge in [0.2, 0.25) is 5.76 Å². The SMILES string of the molecule is Cc1cc(-c2cc(C(=O)O)on2)cc(Br)c1OCc1ccccc1. The Morgan fingerprint density at radius 2 is 2.00 bits per heavy atom. The van der Waals surface area contributed by atoms with Gasteiger partial charge >= 0.3 is 5.97 Å². The van der Waals surface area contributed by atoms with Crippen LogP contribution < -0.4 is 4.74 Å². The second kappa shape index (κ2) is 6.88. The Labute approximate surface area is 147 Å². The number of aryl methyl sites for hydroxylation is 1. The van der Waals surface area contributed by atoms with Gasteiger partial charge in [-0.3, -0.25) is 0 Å². The number of carboxylic acid groups (broad SMARTS) is 1. The molecule has 2 aromatic carbocycles. The van der Waals surface area contributed by atoms with Crippen molar-refractivity contribution in [1.82, 2.24) is 5.16 Å². The van der Waals surface area contributed by atoms with E-state index in [1.165, 1.54) is 6.07 Å². The first-order chi connectivity index (χ1) is 11.5. The molecule has 0 atom stereocenters. The number of nitrogens with zero attached hydrogens (tertiary/aromatic N) is 1. The van der Waals surface area contributed by atoms with Gasteiger partial charge in [0.05, 0.1) is 4.47 Å². The number of rotatable bonds is 5. The molecule has 0 aliphatic heterocycles. The van der Waals surface area contributed by atoms with E-state index in [4.69, 9.17) is 14.4 Å². The molecule has 122 valence electrons. The van der Waals surface area contributed by atoms with Crippen molar-refractivity contribution in [3.63, 3.8) is 0 Å². The molecule has 0 aliphatic carbocycles. The molecule has 24 heavy (non-hydrogen) atoms. The summed E-state index contributed by atoms with van der Waals surface area (Å²) in [6.45, 7) is 2.39. The number of hydrogen-bond acceptors (Lipinski definition) is 4. The summed E-state index contributed by atoms with van der Waals surface area (Å²) < 4.78 is 11.5. The predicted molar refractivity (Wildman–Crippen MR) is 92.1 cm³/mol. The maximum atomic E-state index is 10.9. The second-order valence-corrected chi connectivity index (χ2v) is 6.11. The van der Waals surface area contributed by atoms with Crippen molar-refractivity contribution in [2.45, 2.75) is 13.5 Å². The second-order valence-electron chi connectivity index (χ2n) is 5.26. The monoisotopic (exact) mass is 387 g/mol. The van der Waals surface area contributed by atoms with Crippen LogP contribution in [0.1, 0.15) is 21.7 Å². The lowest BCUT2D eigenvalue weighted by atomic mass is 10.1. The Morgan fingerprint density at radius 1 is 1.25 bits per heavy atom. The zero-order chi connectivity index (χ0) is 17.1. The maximum absolute atomic E-state index is 10.9. The van der Waals surface area contributed by atoms with E-state index in [0.717, 1.165) is 26.9 Å². The van der Waals surface area contributed by atoms with Gasteiger partial charge in [-0.05, 0) is 46.1 Å². The molecule has 3 aromatic rings. The zero-order valence-corrected chi connectivity index (χ0v) is 14.4. The minimum atomic E-state index is -1.15. The van der Waals surface area contributed by atoms with E-state index in [9.17, 15) is 4.79 Å². The third-order valence-corrected chi connectivity index (χ3v) is 4.06. The van der Waals surface area contributed by atoms with E-state index in [2.05, 4.69) is 21.1 Å². The molecular formula is C18H14BrNO4. The fraction of sp³-hybridized carbons (Fsp3) is 0.111. The Bertz CT molecular complexity index is 851. The lowest BCUT2D eigenvalue weighted by Gasteiger charge is -2.12. The first kappa shape index (κ1) is 16.3. The summed E-state index contributed by atoms with van der Waals surface area (Å²) in [4.78, 5) is 10.9. The number of ether oxygens (including phenoxy) is 1. The average Bonchev–Trinajstić information content (AvgIpc) is 3.05. The summed E-state index contributed by atoms with van der Waals surface area (Å²) >= 11 is 3.50. The molecule has 0 saturated carbocycles. The van der Waals surface area contributed by atoms with Crippen LogP contribution in [-0.2, 0) is 6.61 Å². The van der Waals surface area contributed by atoms with E-state index in [1.807, 2.05) is 49.4 Å². The Hall–Kier alpha value is -2.60. The number of aromatic carboxylic acids is 1. The highest BCUT2D eigenvalue weighted by atomic mass is 79.9. The average molecular weight is 388 g/mol. The highest BCUT2D eigenvalue weighted by Crippen LogP contribution is 2.34. The van der Waals surface area contributed by atoms with Crippen LogP contribution in [0.15, 0.2) is 57.5 Å². The van der Waals surface area contributed by atoms with Gasteiger partial charge in [-0.15, -0.1) is 0 Å². The van der Waals surface area contributed by atoms with E-state index < -0.39 is 5.97 Å². The minimum Gasteiger partial charge on any atom is -0.487 e. The van der Waals surface area contributed by atoms with E-state index in [0.29, 0.717) is 12.3 Å². The molecule has 0 fully saturated rings. The van der Waals surface area contributed by atoms with E-state index in [-0.39, 0.29) is 5.76 Å². The first-order valence-electron chi connectivity index (χ1n) is 7.22. The molecule has 0 spiro atoms. The van der Waals surface area contributed by atoms with Crippen molar-refractivity contribution < 1.29 is 19.2 Å². The molecule has 0 radical (unpaired) electrons. The number of benzene rings is 2. The quantitative estimate of drug-likeness (QED) is 0.687. The smallest absolute Gasteiger partial charge is 0.374 e. The third-order valence-electron chi connectivity index (χ3n) is 3.47. The van der Waals surface area contributed by atoms with Gasteiger partial charge in [-0.25, -0.2) is 4.79 Å². The Kier molecular flexibility index (Phi) is 4.66. The molecule has 0 unspecified atom stereocenters. The number of aromatic nitrogens is 1. The summed E-state index contributed by atoms with van der Waals surface area (Å²) in [5.41, 5.74) is 3.21. The highest BCUT2D eigenvalue weighted by molar-refractivity contribution is 9.10. The fourth-order valence-corrected chi connectivity index (χ4v) is 2.98. The maximum Gasteiger partial charge on any atom is 0.374 e. The molecule has 0 amide bonds. The van der Waals surface area contributed by atoms with Crippen LogP contribution in [0.3, 0.4) is 0 Å². The highest BCUT2D eigenvalue weighted by Gasteiger charge is 2.15. The molecule has 0 bridgehead atoms. The molecular weight excluding hydrogens is 374 g/mol. The van der Waals surface area contributed by atoms with Gasteiger partial charge in [0, 0.05) is 11.6 Å². The molecule has 1 N–H and O–H groups in total. The largest absolute Gasteiger partial charge is 0.487 e. The molecule has 1 heterocycles. The van der Waals surface area contributed by atoms with E-state index in [1.54, 1.807) is 0 Å². The Morgan fingerprint density at radius 3 is 2.62 bits per heavy atom. The fourth-order valence-electron chi connectivity index (χ4n) is 2.30. The summed E-state index contributed by atoms with van der Waals surface area (Å²) in [6.07, 6.45) is 0. The molecule has 0 aliphatic rings. The van der Waals surface area contributed by atoms with E-state index >= 15 is 0 Å². The standard InChI is InChI=1S/C18H14BrNO4/c1-11-7-13(15-9-16(18(21)22)24-20-15)8-14(19)17(11)23-10-12-5-3-2-4-6-12/h2-9H,10H2,1H3,(H,21,22). The number of hydrogen-bond donors (Lipinski definition) is 1. The van der Waals surface area contributed by atoms with Crippen LogP contribution >= 0.6 is 15.9 Å². The van der Waals surface area contributed by atoms with Crippen LogP contribution in [0.4, 0.5) is 0 Å². The van der Waals surface area contributed by atoms with Crippen LogP contribution in [0.5, 0.6) is 5.75 Å². The summed E-state index contributed by atoms with van der Waals surface area (Å²) in [6, 6.07) is 15.0. The third kappa shape index (κ3) is 3.49. The van der Waals surface area contributed by atoms with Crippen molar-refractivity contribution in [1.29, 1.82) is 0 Å². The van der Waals surface area contributed by atoms with Crippen molar-refractivity contribution in [2.24, 2.45) is 0 Å². The van der Waals surface area contributed by atoms with Crippen LogP contribution in [-0.4, -0.2) is 16.2 Å². The Balaban J connectivity index is 1.84. The number of carboxylic acids is 1. The van der Waals surface area contributed by atoms with Gasteiger partial charge in [0.1, 0.15) is 18.1 Å². The minimum absolute atomic E-state index is 0.192. The van der Waals surface area contributed by atoms with Crippen molar-refractivity contribution in [2.75, 3.05) is 0 Å². The van der Waals surface area contributed by atoms with Gasteiger partial charge in [0.15, 0.2) is 0 Å². The van der Waals surface area contributed by atoms with Crippen molar-refractivity contribution >= 4 is 21.9 Å². The molecule has 1 aromatic heterocycles. The normalized spacial score (nSPS) is 10.6. The zero-order valence-electron chi connectivity index (χ0n) is 12.8. The van der Waals surface area contributed by atoms with Gasteiger partial charge in [0.25, 0.3) is 0 Å². The topological polar surface area (TPSA) is 72.6 Å². The molecule has 0 saturated heterocycles. The lowest BCUT2D eigenvalue weighted by Crippen LogP contribution is -1.98. The number of carbonyl (C=O) groups is 1. The first-order valence-corrected chi connectivity index (χ1v) is 8.01. The summed E-state index contributed by atoms with van der Waals surface area (Å²) in [5.74, 6) is -0.597. The van der Waals surface area contributed by atoms with Gasteiger partial charge in [-0.2, -0.15) is 0 Å². The summed E-state index contributed by atoms with van der Waals surface area (Å²) in [7, 11) is 0. The van der Waals surface area contributed by atoms with Crippen molar-refractivity contribution in [3.8, 4) is 17.0 Å². The van der Waals surface area contributed by atoms with Gasteiger partial charge < -0.3 is 14.4 Å².